The van der Waals surface area contributed by atoms with Crippen molar-refractivity contribution in [2.45, 2.75) is 32.0 Å². The number of aromatic nitrogens is 1. The molecule has 2 heterocycles. The summed E-state index contributed by atoms with van der Waals surface area (Å²) in [7, 11) is 0. The number of hydrogen-bond acceptors (Lipinski definition) is 4. The van der Waals surface area contributed by atoms with E-state index in [1.807, 2.05) is 19.1 Å². The lowest BCUT2D eigenvalue weighted by Crippen LogP contribution is -2.29. The number of aliphatic hydroxyl groups is 2. The molecule has 1 aliphatic rings. The SMILES string of the molecule is C[C@@H](O)c1ccc(N2CCC(C)(O)C2)cn1. The fourth-order valence-electron chi connectivity index (χ4n) is 2.00. The van der Waals surface area contributed by atoms with Crippen LogP contribution in [0, 0.1) is 0 Å². The fraction of sp³-hybridized carbons (Fsp3) is 0.583. The minimum atomic E-state index is -0.594. The second-order valence-corrected chi connectivity index (χ2v) is 4.79. The molecular formula is C12H18N2O2. The average Bonchev–Trinajstić information content (AvgIpc) is 2.59. The smallest absolute Gasteiger partial charge is 0.0931 e. The Kier molecular flexibility index (Phi) is 2.86. The van der Waals surface area contributed by atoms with Crippen molar-refractivity contribution in [3.05, 3.63) is 24.0 Å². The molecule has 1 saturated heterocycles. The molecule has 16 heavy (non-hydrogen) atoms. The van der Waals surface area contributed by atoms with E-state index in [4.69, 9.17) is 0 Å². The highest BCUT2D eigenvalue weighted by Gasteiger charge is 2.31. The predicted octanol–water partition coefficient (Wildman–Crippen LogP) is 1.10. The molecule has 2 N–H and O–H groups in total. The molecule has 0 amide bonds. The zero-order chi connectivity index (χ0) is 11.8. The number of pyridine rings is 1. The van der Waals surface area contributed by atoms with Crippen molar-refractivity contribution in [2.24, 2.45) is 0 Å². The molecule has 2 atom stereocenters. The number of aliphatic hydroxyl groups excluding tert-OH is 1. The largest absolute Gasteiger partial charge is 0.388 e. The van der Waals surface area contributed by atoms with Gasteiger partial charge in [-0.3, -0.25) is 4.98 Å². The van der Waals surface area contributed by atoms with Gasteiger partial charge in [0.05, 0.1) is 29.3 Å². The number of anilines is 1. The van der Waals surface area contributed by atoms with Crippen LogP contribution in [0.5, 0.6) is 0 Å². The molecule has 0 saturated carbocycles. The standard InChI is InChI=1S/C12H18N2O2/c1-9(15)11-4-3-10(7-13-11)14-6-5-12(2,16)8-14/h3-4,7,9,15-16H,5-6,8H2,1-2H3/t9-,12?/m1/s1. The molecule has 1 unspecified atom stereocenters. The number of β-amino-alcohol motifs (C(OH)–C–C–N with tert-alkyl or cyclic N) is 1. The fourth-order valence-corrected chi connectivity index (χ4v) is 2.00. The Bertz CT molecular complexity index is 360. The summed E-state index contributed by atoms with van der Waals surface area (Å²) >= 11 is 0. The molecule has 4 heteroatoms. The molecule has 0 aliphatic carbocycles. The average molecular weight is 222 g/mol. The van der Waals surface area contributed by atoms with Gasteiger partial charge in [-0.25, -0.2) is 0 Å². The van der Waals surface area contributed by atoms with Gasteiger partial charge in [-0.15, -0.1) is 0 Å². The van der Waals surface area contributed by atoms with Crippen LogP contribution in [0.4, 0.5) is 5.69 Å². The summed E-state index contributed by atoms with van der Waals surface area (Å²) < 4.78 is 0. The topological polar surface area (TPSA) is 56.6 Å². The predicted molar refractivity (Wildman–Crippen MR) is 62.3 cm³/mol. The highest BCUT2D eigenvalue weighted by molar-refractivity contribution is 5.46. The normalized spacial score (nSPS) is 27.1. The summed E-state index contributed by atoms with van der Waals surface area (Å²) in [6, 6.07) is 3.77. The summed E-state index contributed by atoms with van der Waals surface area (Å²) in [6.45, 7) is 5.04. The zero-order valence-corrected chi connectivity index (χ0v) is 9.72. The van der Waals surface area contributed by atoms with Gasteiger partial charge in [-0.1, -0.05) is 0 Å². The summed E-state index contributed by atoms with van der Waals surface area (Å²) in [5, 5.41) is 19.2. The maximum Gasteiger partial charge on any atom is 0.0931 e. The van der Waals surface area contributed by atoms with E-state index < -0.39 is 11.7 Å². The molecular weight excluding hydrogens is 204 g/mol. The van der Waals surface area contributed by atoms with E-state index >= 15 is 0 Å². The summed E-state index contributed by atoms with van der Waals surface area (Å²) in [5.41, 5.74) is 1.08. The second kappa shape index (κ2) is 4.03. The Morgan fingerprint density at radius 2 is 2.25 bits per heavy atom. The van der Waals surface area contributed by atoms with Gasteiger partial charge < -0.3 is 15.1 Å². The molecule has 1 aliphatic heterocycles. The Balaban J connectivity index is 2.11. The first-order chi connectivity index (χ1) is 7.48. The molecule has 1 aromatic heterocycles. The van der Waals surface area contributed by atoms with Crippen LogP contribution in [0.25, 0.3) is 0 Å². The van der Waals surface area contributed by atoms with Crippen molar-refractivity contribution in [3.8, 4) is 0 Å². The Morgan fingerprint density at radius 1 is 1.50 bits per heavy atom. The Morgan fingerprint density at radius 3 is 2.69 bits per heavy atom. The van der Waals surface area contributed by atoms with E-state index in [9.17, 15) is 10.2 Å². The third-order valence-corrected chi connectivity index (χ3v) is 3.02. The van der Waals surface area contributed by atoms with E-state index in [1.54, 1.807) is 13.1 Å². The molecule has 88 valence electrons. The Hall–Kier alpha value is -1.13. The first-order valence-electron chi connectivity index (χ1n) is 5.59. The monoisotopic (exact) mass is 222 g/mol. The summed E-state index contributed by atoms with van der Waals surface area (Å²) in [4.78, 5) is 6.31. The lowest BCUT2D eigenvalue weighted by Gasteiger charge is -2.20. The lowest BCUT2D eigenvalue weighted by molar-refractivity contribution is 0.0839. The molecule has 0 radical (unpaired) electrons. The van der Waals surface area contributed by atoms with Crippen molar-refractivity contribution in [2.75, 3.05) is 18.0 Å². The zero-order valence-electron chi connectivity index (χ0n) is 9.72. The van der Waals surface area contributed by atoms with Crippen molar-refractivity contribution >= 4 is 5.69 Å². The van der Waals surface area contributed by atoms with Gasteiger partial charge in [0.1, 0.15) is 0 Å². The van der Waals surface area contributed by atoms with Gasteiger partial charge in [0, 0.05) is 13.1 Å². The lowest BCUT2D eigenvalue weighted by atomic mass is 10.1. The van der Waals surface area contributed by atoms with Crippen molar-refractivity contribution in [3.63, 3.8) is 0 Å². The van der Waals surface area contributed by atoms with Crippen LogP contribution >= 0.6 is 0 Å². The van der Waals surface area contributed by atoms with Gasteiger partial charge in [0.15, 0.2) is 0 Å². The van der Waals surface area contributed by atoms with Gasteiger partial charge >= 0.3 is 0 Å². The maximum absolute atomic E-state index is 9.87. The molecule has 0 bridgehead atoms. The van der Waals surface area contributed by atoms with Gasteiger partial charge in [0.2, 0.25) is 0 Å². The number of rotatable bonds is 2. The van der Waals surface area contributed by atoms with Crippen LogP contribution in [0.15, 0.2) is 18.3 Å². The van der Waals surface area contributed by atoms with Crippen LogP contribution in [0.1, 0.15) is 32.1 Å². The highest BCUT2D eigenvalue weighted by Crippen LogP contribution is 2.26. The minimum absolute atomic E-state index is 0.532. The third-order valence-electron chi connectivity index (χ3n) is 3.02. The first kappa shape index (κ1) is 11.4. The minimum Gasteiger partial charge on any atom is -0.388 e. The van der Waals surface area contributed by atoms with Gasteiger partial charge in [0.25, 0.3) is 0 Å². The summed E-state index contributed by atoms with van der Waals surface area (Å²) in [6.07, 6.45) is 2.00. The molecule has 4 nitrogen and oxygen atoms in total. The molecule has 1 aromatic rings. The van der Waals surface area contributed by atoms with Gasteiger partial charge in [-0.05, 0) is 32.4 Å². The van der Waals surface area contributed by atoms with Crippen LogP contribution in [-0.4, -0.2) is 33.9 Å². The third kappa shape index (κ3) is 2.33. The quantitative estimate of drug-likeness (QED) is 0.786. The van der Waals surface area contributed by atoms with Crippen LogP contribution in [0.2, 0.25) is 0 Å². The van der Waals surface area contributed by atoms with Crippen molar-refractivity contribution < 1.29 is 10.2 Å². The van der Waals surface area contributed by atoms with Crippen LogP contribution in [-0.2, 0) is 0 Å². The number of nitrogens with zero attached hydrogens (tertiary/aromatic N) is 2. The van der Waals surface area contributed by atoms with Crippen LogP contribution < -0.4 is 4.90 Å². The molecule has 0 spiro atoms. The van der Waals surface area contributed by atoms with E-state index in [0.717, 1.165) is 18.7 Å². The van der Waals surface area contributed by atoms with Crippen LogP contribution in [0.3, 0.4) is 0 Å². The van der Waals surface area contributed by atoms with E-state index in [0.29, 0.717) is 12.2 Å². The van der Waals surface area contributed by atoms with Crippen molar-refractivity contribution in [1.82, 2.24) is 4.98 Å². The van der Waals surface area contributed by atoms with E-state index in [1.165, 1.54) is 0 Å². The van der Waals surface area contributed by atoms with E-state index in [-0.39, 0.29) is 0 Å². The first-order valence-corrected chi connectivity index (χ1v) is 5.59. The maximum atomic E-state index is 9.87. The van der Waals surface area contributed by atoms with E-state index in [2.05, 4.69) is 9.88 Å². The summed E-state index contributed by atoms with van der Waals surface area (Å²) in [5.74, 6) is 0. The van der Waals surface area contributed by atoms with Gasteiger partial charge in [-0.2, -0.15) is 0 Å². The molecule has 0 aromatic carbocycles. The second-order valence-electron chi connectivity index (χ2n) is 4.79. The molecule has 1 fully saturated rings. The Labute approximate surface area is 95.5 Å². The van der Waals surface area contributed by atoms with Crippen molar-refractivity contribution in [1.29, 1.82) is 0 Å². The molecule has 2 rings (SSSR count). The highest BCUT2D eigenvalue weighted by atomic mass is 16.3. The number of hydrogen-bond donors (Lipinski definition) is 2.